The molecule has 23 heavy (non-hydrogen) atoms. The normalized spacial score (nSPS) is 18.3. The number of fused-ring (bicyclic) bond motifs is 1. The second kappa shape index (κ2) is 6.35. The van der Waals surface area contributed by atoms with Crippen molar-refractivity contribution in [3.8, 4) is 0 Å². The third-order valence-corrected chi connectivity index (χ3v) is 7.18. The third kappa shape index (κ3) is 3.50. The molecule has 1 unspecified atom stereocenters. The largest absolute Gasteiger partial charge is 0.361 e. The van der Waals surface area contributed by atoms with Crippen LogP contribution in [0.1, 0.15) is 29.0 Å². The molecule has 2 aromatic heterocycles. The maximum atomic E-state index is 12.5. The lowest BCUT2D eigenvalue weighted by atomic mass is 9.92. The molecule has 0 radical (unpaired) electrons. The Morgan fingerprint density at radius 1 is 1.48 bits per heavy atom. The number of nitrogens with one attached hydrogen (secondary N) is 1. The number of hydrogen-bond acceptors (Lipinski definition) is 6. The second-order valence-electron chi connectivity index (χ2n) is 6.22. The number of rotatable bonds is 5. The summed E-state index contributed by atoms with van der Waals surface area (Å²) in [5.41, 5.74) is 2.75. The Balaban J connectivity index is 1.77. The molecule has 1 N–H and O–H groups in total. The lowest BCUT2D eigenvalue weighted by Gasteiger charge is -2.22. The van der Waals surface area contributed by atoms with E-state index in [9.17, 15) is 8.42 Å². The zero-order valence-corrected chi connectivity index (χ0v) is 15.1. The highest BCUT2D eigenvalue weighted by Gasteiger charge is 2.30. The number of aryl methyl sites for hydroxylation is 2. The first-order valence-corrected chi connectivity index (χ1v) is 9.90. The van der Waals surface area contributed by atoms with Crippen molar-refractivity contribution in [1.82, 2.24) is 14.8 Å². The second-order valence-corrected chi connectivity index (χ2v) is 9.05. The topological polar surface area (TPSA) is 75.4 Å². The molecule has 126 valence electrons. The van der Waals surface area contributed by atoms with E-state index < -0.39 is 10.0 Å². The van der Waals surface area contributed by atoms with E-state index in [0.717, 1.165) is 29.0 Å². The van der Waals surface area contributed by atoms with E-state index in [-0.39, 0.29) is 6.04 Å². The van der Waals surface area contributed by atoms with Crippen LogP contribution in [0.25, 0.3) is 0 Å². The Hall–Kier alpha value is -1.22. The molecule has 0 aromatic carbocycles. The van der Waals surface area contributed by atoms with Gasteiger partial charge < -0.3 is 9.42 Å². The van der Waals surface area contributed by atoms with Crippen molar-refractivity contribution >= 4 is 21.4 Å². The first-order valence-electron chi connectivity index (χ1n) is 7.54. The van der Waals surface area contributed by atoms with Gasteiger partial charge in [-0.2, -0.15) is 0 Å². The predicted molar refractivity (Wildman–Crippen MR) is 89.1 cm³/mol. The average Bonchev–Trinajstić information content (AvgIpc) is 3.05. The van der Waals surface area contributed by atoms with Gasteiger partial charge in [-0.05, 0) is 50.9 Å². The van der Waals surface area contributed by atoms with E-state index in [4.69, 9.17) is 4.52 Å². The van der Waals surface area contributed by atoms with Crippen LogP contribution in [-0.4, -0.2) is 38.6 Å². The maximum Gasteiger partial charge on any atom is 0.250 e. The molecular weight excluding hydrogens is 334 g/mol. The predicted octanol–water partition coefficient (Wildman–Crippen LogP) is 1.94. The lowest BCUT2D eigenvalue weighted by molar-refractivity contribution is 0.343. The minimum absolute atomic E-state index is 0.116. The van der Waals surface area contributed by atoms with E-state index in [1.807, 2.05) is 32.0 Å². The summed E-state index contributed by atoms with van der Waals surface area (Å²) >= 11 is 1.26. The molecular formula is C15H21N3O3S2. The number of nitrogens with zero attached hydrogens (tertiary/aromatic N) is 2. The van der Waals surface area contributed by atoms with Crippen molar-refractivity contribution in [3.05, 3.63) is 34.0 Å². The molecule has 0 spiro atoms. The Kier molecular flexibility index (Phi) is 4.59. The summed E-state index contributed by atoms with van der Waals surface area (Å²) in [7, 11) is 0.490. The fourth-order valence-corrected chi connectivity index (χ4v) is 5.60. The van der Waals surface area contributed by atoms with E-state index >= 15 is 0 Å². The van der Waals surface area contributed by atoms with E-state index in [1.54, 1.807) is 5.38 Å². The molecule has 3 rings (SSSR count). The van der Waals surface area contributed by atoms with Crippen LogP contribution in [0.5, 0.6) is 0 Å². The third-order valence-electron chi connectivity index (χ3n) is 3.97. The molecule has 0 aliphatic heterocycles. The summed E-state index contributed by atoms with van der Waals surface area (Å²) in [6.45, 7) is 2.52. The highest BCUT2D eigenvalue weighted by molar-refractivity contribution is 7.91. The SMILES string of the molecule is Cc1ccsc1S(=O)(=O)NC1CCc2onc(CN(C)C)c2C1. The summed E-state index contributed by atoms with van der Waals surface area (Å²) in [6, 6.07) is 1.71. The van der Waals surface area contributed by atoms with Gasteiger partial charge in [-0.25, -0.2) is 13.1 Å². The first kappa shape index (κ1) is 16.6. The van der Waals surface area contributed by atoms with Crippen LogP contribution < -0.4 is 4.72 Å². The fraction of sp³-hybridized carbons (Fsp3) is 0.533. The van der Waals surface area contributed by atoms with Crippen LogP contribution >= 0.6 is 11.3 Å². The number of hydrogen-bond donors (Lipinski definition) is 1. The molecule has 0 saturated carbocycles. The van der Waals surface area contributed by atoms with E-state index in [0.29, 0.717) is 23.6 Å². The number of aromatic nitrogens is 1. The van der Waals surface area contributed by atoms with Gasteiger partial charge in [-0.15, -0.1) is 11.3 Å². The zero-order chi connectivity index (χ0) is 16.6. The van der Waals surface area contributed by atoms with Gasteiger partial charge >= 0.3 is 0 Å². The minimum Gasteiger partial charge on any atom is -0.361 e. The standard InChI is InChI=1S/C15H21N3O3S2/c1-10-6-7-22-15(10)23(19,20)17-11-4-5-14-12(8-11)13(16-21-14)9-18(2)3/h6-7,11,17H,4-5,8-9H2,1-3H3. The average molecular weight is 355 g/mol. The molecule has 8 heteroatoms. The zero-order valence-electron chi connectivity index (χ0n) is 13.5. The van der Waals surface area contributed by atoms with Crippen molar-refractivity contribution in [3.63, 3.8) is 0 Å². The molecule has 1 aliphatic rings. The Morgan fingerprint density at radius 3 is 2.91 bits per heavy atom. The van der Waals surface area contributed by atoms with Gasteiger partial charge in [0.05, 0.1) is 0 Å². The summed E-state index contributed by atoms with van der Waals surface area (Å²) < 4.78 is 33.8. The van der Waals surface area contributed by atoms with Gasteiger partial charge in [0.15, 0.2) is 0 Å². The van der Waals surface area contributed by atoms with Gasteiger partial charge in [0.2, 0.25) is 0 Å². The highest BCUT2D eigenvalue weighted by atomic mass is 32.2. The van der Waals surface area contributed by atoms with Crippen LogP contribution in [-0.2, 0) is 29.4 Å². The lowest BCUT2D eigenvalue weighted by Crippen LogP contribution is -2.38. The maximum absolute atomic E-state index is 12.5. The van der Waals surface area contributed by atoms with Gasteiger partial charge in [0, 0.05) is 24.6 Å². The number of sulfonamides is 1. The molecule has 0 fully saturated rings. The molecule has 2 aromatic rings. The molecule has 1 aliphatic carbocycles. The molecule has 1 atom stereocenters. The van der Waals surface area contributed by atoms with Gasteiger partial charge in [0.1, 0.15) is 15.7 Å². The van der Waals surface area contributed by atoms with Crippen LogP contribution in [0.15, 0.2) is 20.2 Å². The Morgan fingerprint density at radius 2 is 2.26 bits per heavy atom. The van der Waals surface area contributed by atoms with E-state index in [2.05, 4.69) is 9.88 Å². The van der Waals surface area contributed by atoms with Crippen molar-refractivity contribution < 1.29 is 12.9 Å². The molecule has 0 saturated heterocycles. The first-order chi connectivity index (χ1) is 10.9. The van der Waals surface area contributed by atoms with Crippen molar-refractivity contribution in [2.75, 3.05) is 14.1 Å². The van der Waals surface area contributed by atoms with Crippen LogP contribution in [0.3, 0.4) is 0 Å². The summed E-state index contributed by atoms with van der Waals surface area (Å²) in [5.74, 6) is 0.893. The summed E-state index contributed by atoms with van der Waals surface area (Å²) in [4.78, 5) is 2.03. The number of thiophene rings is 1. The van der Waals surface area contributed by atoms with Crippen molar-refractivity contribution in [1.29, 1.82) is 0 Å². The van der Waals surface area contributed by atoms with E-state index in [1.165, 1.54) is 11.3 Å². The van der Waals surface area contributed by atoms with Crippen molar-refractivity contribution in [2.45, 2.75) is 43.0 Å². The Bertz CT molecular complexity index is 793. The minimum atomic E-state index is -3.46. The quantitative estimate of drug-likeness (QED) is 0.887. The molecule has 6 nitrogen and oxygen atoms in total. The van der Waals surface area contributed by atoms with Crippen molar-refractivity contribution in [2.24, 2.45) is 0 Å². The smallest absolute Gasteiger partial charge is 0.250 e. The Labute approximate surface area is 140 Å². The summed E-state index contributed by atoms with van der Waals surface area (Å²) in [5, 5.41) is 5.94. The van der Waals surface area contributed by atoms with Crippen LogP contribution in [0.4, 0.5) is 0 Å². The molecule has 2 heterocycles. The monoisotopic (exact) mass is 355 g/mol. The summed E-state index contributed by atoms with van der Waals surface area (Å²) in [6.07, 6.45) is 2.07. The highest BCUT2D eigenvalue weighted by Crippen LogP contribution is 2.27. The van der Waals surface area contributed by atoms with Crippen LogP contribution in [0, 0.1) is 6.92 Å². The fourth-order valence-electron chi connectivity index (χ4n) is 2.89. The van der Waals surface area contributed by atoms with Gasteiger partial charge in [-0.3, -0.25) is 0 Å². The van der Waals surface area contributed by atoms with Crippen LogP contribution in [0.2, 0.25) is 0 Å². The molecule has 0 amide bonds. The molecule has 0 bridgehead atoms. The van der Waals surface area contributed by atoms with Gasteiger partial charge in [0.25, 0.3) is 10.0 Å². The van der Waals surface area contributed by atoms with Gasteiger partial charge in [-0.1, -0.05) is 5.16 Å².